The molecule has 0 fully saturated rings. The fourth-order valence-electron chi connectivity index (χ4n) is 3.96. The van der Waals surface area contributed by atoms with Crippen molar-refractivity contribution in [2.75, 3.05) is 0 Å². The summed E-state index contributed by atoms with van der Waals surface area (Å²) in [6, 6.07) is 8.23. The maximum Gasteiger partial charge on any atom is 0.199 e. The molecule has 2 heterocycles. The number of hydrogen-bond acceptors (Lipinski definition) is 3. The molecule has 3 aromatic rings. The molecule has 0 bridgehead atoms. The number of halogens is 1. The Morgan fingerprint density at radius 2 is 1.92 bits per heavy atom. The molecule has 1 unspecified atom stereocenters. The normalized spacial score (nSPS) is 14.5. The fraction of sp³-hybridized carbons (Fsp3) is 0.381. The first kappa shape index (κ1) is 18.8. The summed E-state index contributed by atoms with van der Waals surface area (Å²) in [4.78, 5) is 11.9. The van der Waals surface area contributed by atoms with Gasteiger partial charge >= 0.3 is 0 Å². The molecule has 1 atom stereocenters. The molecule has 0 aliphatic rings. The number of nitrogens with zero attached hydrogens (tertiary/aromatic N) is 1. The van der Waals surface area contributed by atoms with Gasteiger partial charge in [0.15, 0.2) is 5.43 Å². The SMILES string of the molecule is Cc1ccc(F)cc1C(C)(C)CC(C)(O)Cn1ccc(=O)c2sccc21. The van der Waals surface area contributed by atoms with Crippen molar-refractivity contribution in [3.05, 3.63) is 69.1 Å². The van der Waals surface area contributed by atoms with Crippen molar-refractivity contribution in [1.29, 1.82) is 0 Å². The number of rotatable bonds is 5. The van der Waals surface area contributed by atoms with Gasteiger partial charge in [-0.2, -0.15) is 0 Å². The smallest absolute Gasteiger partial charge is 0.199 e. The van der Waals surface area contributed by atoms with Gasteiger partial charge in [-0.05, 0) is 60.4 Å². The number of thiophene rings is 1. The van der Waals surface area contributed by atoms with E-state index in [-0.39, 0.29) is 11.2 Å². The minimum atomic E-state index is -1.02. The molecule has 26 heavy (non-hydrogen) atoms. The van der Waals surface area contributed by atoms with Crippen molar-refractivity contribution in [2.24, 2.45) is 0 Å². The number of aromatic nitrogens is 1. The molecule has 5 heteroatoms. The summed E-state index contributed by atoms with van der Waals surface area (Å²) in [5.74, 6) is -0.265. The molecule has 0 aliphatic heterocycles. The van der Waals surface area contributed by atoms with Crippen LogP contribution in [0.2, 0.25) is 0 Å². The number of hydrogen-bond donors (Lipinski definition) is 1. The zero-order valence-electron chi connectivity index (χ0n) is 15.5. The van der Waals surface area contributed by atoms with Crippen molar-refractivity contribution in [1.82, 2.24) is 4.57 Å². The maximum absolute atomic E-state index is 13.7. The standard InChI is InChI=1S/C21H24FNO2S/c1-14-5-6-15(22)11-16(14)20(2,3)12-21(4,25)13-23-9-7-18(24)19-17(23)8-10-26-19/h5-11,25H,12-13H2,1-4H3. The lowest BCUT2D eigenvalue weighted by Crippen LogP contribution is -2.38. The molecule has 1 N–H and O–H groups in total. The van der Waals surface area contributed by atoms with E-state index >= 15 is 0 Å². The summed E-state index contributed by atoms with van der Waals surface area (Å²) in [5.41, 5.74) is 1.33. The van der Waals surface area contributed by atoms with Gasteiger partial charge < -0.3 is 9.67 Å². The molecule has 2 aromatic heterocycles. The minimum absolute atomic E-state index is 0.00149. The first-order chi connectivity index (χ1) is 12.1. The first-order valence-corrected chi connectivity index (χ1v) is 9.53. The van der Waals surface area contributed by atoms with Crippen LogP contribution in [0.5, 0.6) is 0 Å². The van der Waals surface area contributed by atoms with Crippen LogP contribution in [0, 0.1) is 12.7 Å². The van der Waals surface area contributed by atoms with Gasteiger partial charge in [0.25, 0.3) is 0 Å². The second-order valence-corrected chi connectivity index (χ2v) is 8.88. The highest BCUT2D eigenvalue weighted by Crippen LogP contribution is 2.35. The molecule has 1 aromatic carbocycles. The van der Waals surface area contributed by atoms with Crippen molar-refractivity contribution < 1.29 is 9.50 Å². The summed E-state index contributed by atoms with van der Waals surface area (Å²) in [7, 11) is 0. The molecule has 0 saturated heterocycles. The molecule has 0 amide bonds. The van der Waals surface area contributed by atoms with Crippen LogP contribution in [0.4, 0.5) is 4.39 Å². The van der Waals surface area contributed by atoms with Gasteiger partial charge in [0.2, 0.25) is 0 Å². The van der Waals surface area contributed by atoms with Crippen LogP contribution in [-0.2, 0) is 12.0 Å². The lowest BCUT2D eigenvalue weighted by Gasteiger charge is -2.36. The van der Waals surface area contributed by atoms with Crippen LogP contribution in [-0.4, -0.2) is 15.3 Å². The number of aliphatic hydroxyl groups is 1. The Morgan fingerprint density at radius 3 is 2.65 bits per heavy atom. The van der Waals surface area contributed by atoms with E-state index in [9.17, 15) is 14.3 Å². The number of pyridine rings is 1. The highest BCUT2D eigenvalue weighted by molar-refractivity contribution is 7.17. The second-order valence-electron chi connectivity index (χ2n) is 7.96. The summed E-state index contributed by atoms with van der Waals surface area (Å²) in [6.07, 6.45) is 2.19. The van der Waals surface area contributed by atoms with E-state index < -0.39 is 11.0 Å². The van der Waals surface area contributed by atoms with Gasteiger partial charge in [-0.3, -0.25) is 4.79 Å². The van der Waals surface area contributed by atoms with Crippen molar-refractivity contribution in [2.45, 2.75) is 51.7 Å². The molecule has 138 valence electrons. The summed E-state index contributed by atoms with van der Waals surface area (Å²) >= 11 is 1.41. The number of fused-ring (bicyclic) bond motifs is 1. The van der Waals surface area contributed by atoms with Gasteiger partial charge in [0.05, 0.1) is 22.4 Å². The monoisotopic (exact) mass is 373 g/mol. The van der Waals surface area contributed by atoms with Gasteiger partial charge in [-0.1, -0.05) is 19.9 Å². The van der Waals surface area contributed by atoms with E-state index in [1.54, 1.807) is 25.3 Å². The van der Waals surface area contributed by atoms with Crippen molar-refractivity contribution in [3.8, 4) is 0 Å². The molecule has 3 rings (SSSR count). The maximum atomic E-state index is 13.7. The average Bonchev–Trinajstić information content (AvgIpc) is 3.02. The molecule has 0 radical (unpaired) electrons. The van der Waals surface area contributed by atoms with E-state index in [0.717, 1.165) is 16.6 Å². The largest absolute Gasteiger partial charge is 0.388 e. The highest BCUT2D eigenvalue weighted by atomic mass is 32.1. The van der Waals surface area contributed by atoms with Crippen molar-refractivity contribution in [3.63, 3.8) is 0 Å². The van der Waals surface area contributed by atoms with Crippen LogP contribution in [0.3, 0.4) is 0 Å². The molecule has 0 spiro atoms. The molecule has 3 nitrogen and oxygen atoms in total. The summed E-state index contributed by atoms with van der Waals surface area (Å²) < 4.78 is 16.4. The zero-order chi connectivity index (χ0) is 19.1. The lowest BCUT2D eigenvalue weighted by atomic mass is 9.74. The molecular formula is C21H24FNO2S. The summed E-state index contributed by atoms with van der Waals surface area (Å²) in [6.45, 7) is 8.16. The minimum Gasteiger partial charge on any atom is -0.388 e. The molecular weight excluding hydrogens is 349 g/mol. The van der Waals surface area contributed by atoms with Gasteiger partial charge in [-0.15, -0.1) is 11.3 Å². The third kappa shape index (κ3) is 3.74. The molecule has 0 saturated carbocycles. The van der Waals surface area contributed by atoms with Gasteiger partial charge in [0.1, 0.15) is 5.82 Å². The van der Waals surface area contributed by atoms with E-state index in [1.165, 1.54) is 23.5 Å². The Balaban J connectivity index is 1.90. The van der Waals surface area contributed by atoms with Crippen LogP contribution in [0.25, 0.3) is 10.2 Å². The Labute approximate surface area is 156 Å². The second kappa shape index (κ2) is 6.63. The van der Waals surface area contributed by atoms with E-state index in [2.05, 4.69) is 0 Å². The van der Waals surface area contributed by atoms with Gasteiger partial charge in [0, 0.05) is 12.3 Å². The first-order valence-electron chi connectivity index (χ1n) is 8.65. The molecule has 0 aliphatic carbocycles. The third-order valence-electron chi connectivity index (χ3n) is 4.85. The van der Waals surface area contributed by atoms with E-state index in [1.807, 2.05) is 36.8 Å². The van der Waals surface area contributed by atoms with Crippen LogP contribution >= 0.6 is 11.3 Å². The lowest BCUT2D eigenvalue weighted by molar-refractivity contribution is 0.0157. The van der Waals surface area contributed by atoms with Crippen LogP contribution in [0.1, 0.15) is 38.3 Å². The Morgan fingerprint density at radius 1 is 1.19 bits per heavy atom. The fourth-order valence-corrected chi connectivity index (χ4v) is 4.78. The third-order valence-corrected chi connectivity index (χ3v) is 5.76. The topological polar surface area (TPSA) is 42.2 Å². The average molecular weight is 373 g/mol. The van der Waals surface area contributed by atoms with Crippen LogP contribution < -0.4 is 5.43 Å². The Kier molecular flexibility index (Phi) is 4.80. The van der Waals surface area contributed by atoms with E-state index in [4.69, 9.17) is 0 Å². The van der Waals surface area contributed by atoms with Gasteiger partial charge in [-0.25, -0.2) is 4.39 Å². The van der Waals surface area contributed by atoms with Crippen LogP contribution in [0.15, 0.2) is 46.7 Å². The quantitative estimate of drug-likeness (QED) is 0.708. The number of benzene rings is 1. The zero-order valence-corrected chi connectivity index (χ0v) is 16.4. The predicted octanol–water partition coefficient (Wildman–Crippen LogP) is 4.63. The van der Waals surface area contributed by atoms with E-state index in [0.29, 0.717) is 17.7 Å². The predicted molar refractivity (Wildman–Crippen MR) is 105 cm³/mol. The van der Waals surface area contributed by atoms with Crippen molar-refractivity contribution >= 4 is 21.6 Å². The highest BCUT2D eigenvalue weighted by Gasteiger charge is 2.33. The Hall–Kier alpha value is -1.98. The summed E-state index contributed by atoms with van der Waals surface area (Å²) in [5, 5.41) is 13.0. The Bertz CT molecular complexity index is 1000. The number of aryl methyl sites for hydroxylation is 1.